The third-order valence-corrected chi connectivity index (χ3v) is 2.53. The first-order valence-electron chi connectivity index (χ1n) is 5.50. The molecule has 0 unspecified atom stereocenters. The van der Waals surface area contributed by atoms with Gasteiger partial charge in [-0.15, -0.1) is 0 Å². The number of aromatic nitrogens is 2. The average molecular weight is 262 g/mol. The second-order valence-electron chi connectivity index (χ2n) is 3.85. The monoisotopic (exact) mass is 262 g/mol. The Morgan fingerprint density at radius 3 is 2.95 bits per heavy atom. The Labute approximate surface area is 108 Å². The molecule has 1 N–H and O–H groups in total. The number of hydrogen-bond acceptors (Lipinski definition) is 4. The predicted molar refractivity (Wildman–Crippen MR) is 64.5 cm³/mol. The van der Waals surface area contributed by atoms with Gasteiger partial charge in [-0.25, -0.2) is 14.2 Å². The molecule has 2 rings (SSSR count). The van der Waals surface area contributed by atoms with Crippen molar-refractivity contribution in [2.45, 2.75) is 13.5 Å². The number of carboxylic acid groups (broad SMARTS) is 1. The number of carbonyl (C=O) groups is 1. The van der Waals surface area contributed by atoms with Gasteiger partial charge in [0.15, 0.2) is 0 Å². The van der Waals surface area contributed by atoms with E-state index in [0.717, 1.165) is 23.5 Å². The molecular weight excluding hydrogens is 251 g/mol. The summed E-state index contributed by atoms with van der Waals surface area (Å²) in [4.78, 5) is 18.7. The Morgan fingerprint density at radius 2 is 2.26 bits per heavy atom. The lowest BCUT2D eigenvalue weighted by Crippen LogP contribution is -2.07. The fourth-order valence-electron chi connectivity index (χ4n) is 1.51. The van der Waals surface area contributed by atoms with Crippen molar-refractivity contribution in [3.05, 3.63) is 53.2 Å². The molecule has 0 aromatic carbocycles. The minimum atomic E-state index is -1.29. The second kappa shape index (κ2) is 5.43. The summed E-state index contributed by atoms with van der Waals surface area (Å²) < 4.78 is 18.3. The minimum Gasteiger partial charge on any atom is -0.477 e. The number of nitrogens with zero attached hydrogens (tertiary/aromatic N) is 2. The number of pyridine rings is 2. The Morgan fingerprint density at radius 1 is 1.47 bits per heavy atom. The standard InChI is InChI=1S/C13H11FN2O3/c1-8-9(3-2-4-15-8)7-19-12-11(13(17)18)5-10(14)6-16-12/h2-6H,7H2,1H3,(H,17,18). The van der Waals surface area contributed by atoms with E-state index < -0.39 is 11.8 Å². The van der Waals surface area contributed by atoms with E-state index in [1.165, 1.54) is 0 Å². The van der Waals surface area contributed by atoms with Crippen molar-refractivity contribution in [2.24, 2.45) is 0 Å². The van der Waals surface area contributed by atoms with Crippen LogP contribution in [0.15, 0.2) is 30.6 Å². The van der Waals surface area contributed by atoms with E-state index in [1.54, 1.807) is 12.3 Å². The predicted octanol–water partition coefficient (Wildman–Crippen LogP) is 2.20. The first-order valence-corrected chi connectivity index (χ1v) is 5.50. The van der Waals surface area contributed by atoms with E-state index in [2.05, 4.69) is 9.97 Å². The fourth-order valence-corrected chi connectivity index (χ4v) is 1.51. The molecule has 6 heteroatoms. The van der Waals surface area contributed by atoms with Crippen LogP contribution >= 0.6 is 0 Å². The van der Waals surface area contributed by atoms with Crippen LogP contribution in [0.3, 0.4) is 0 Å². The van der Waals surface area contributed by atoms with Crippen LogP contribution in [0.25, 0.3) is 0 Å². The molecule has 98 valence electrons. The third kappa shape index (κ3) is 3.04. The molecule has 19 heavy (non-hydrogen) atoms. The summed E-state index contributed by atoms with van der Waals surface area (Å²) in [6.45, 7) is 1.94. The molecule has 0 bridgehead atoms. The molecule has 0 radical (unpaired) electrons. The summed E-state index contributed by atoms with van der Waals surface area (Å²) in [5, 5.41) is 8.94. The average Bonchev–Trinajstić information content (AvgIpc) is 2.38. The van der Waals surface area contributed by atoms with Crippen LogP contribution < -0.4 is 4.74 Å². The van der Waals surface area contributed by atoms with Gasteiger partial charge in [-0.3, -0.25) is 4.98 Å². The van der Waals surface area contributed by atoms with E-state index in [0.29, 0.717) is 0 Å². The van der Waals surface area contributed by atoms with Crippen molar-refractivity contribution in [2.75, 3.05) is 0 Å². The van der Waals surface area contributed by atoms with E-state index in [4.69, 9.17) is 9.84 Å². The van der Waals surface area contributed by atoms with Crippen LogP contribution in [0.1, 0.15) is 21.6 Å². The SMILES string of the molecule is Cc1ncccc1COc1ncc(F)cc1C(=O)O. The summed E-state index contributed by atoms with van der Waals surface area (Å²) >= 11 is 0. The summed E-state index contributed by atoms with van der Waals surface area (Å²) in [5.41, 5.74) is 1.29. The van der Waals surface area contributed by atoms with Crippen molar-refractivity contribution in [3.63, 3.8) is 0 Å². The number of ether oxygens (including phenoxy) is 1. The fraction of sp³-hybridized carbons (Fsp3) is 0.154. The normalized spacial score (nSPS) is 10.2. The number of rotatable bonds is 4. The zero-order valence-corrected chi connectivity index (χ0v) is 10.1. The van der Waals surface area contributed by atoms with Crippen LogP contribution in [-0.2, 0) is 6.61 Å². The van der Waals surface area contributed by atoms with Crippen LogP contribution in [0.5, 0.6) is 5.88 Å². The second-order valence-corrected chi connectivity index (χ2v) is 3.85. The maximum absolute atomic E-state index is 12.9. The molecule has 2 aromatic rings. The van der Waals surface area contributed by atoms with Crippen molar-refractivity contribution >= 4 is 5.97 Å². The highest BCUT2D eigenvalue weighted by atomic mass is 19.1. The molecule has 0 aliphatic carbocycles. The van der Waals surface area contributed by atoms with Crippen LogP contribution in [0.2, 0.25) is 0 Å². The van der Waals surface area contributed by atoms with E-state index in [1.807, 2.05) is 13.0 Å². The van der Waals surface area contributed by atoms with Gasteiger partial charge in [-0.1, -0.05) is 6.07 Å². The van der Waals surface area contributed by atoms with Crippen LogP contribution in [0.4, 0.5) is 4.39 Å². The van der Waals surface area contributed by atoms with Crippen molar-refractivity contribution in [3.8, 4) is 5.88 Å². The summed E-state index contributed by atoms with van der Waals surface area (Å²) in [7, 11) is 0. The zero-order chi connectivity index (χ0) is 13.8. The molecular formula is C13H11FN2O3. The highest BCUT2D eigenvalue weighted by molar-refractivity contribution is 5.90. The maximum atomic E-state index is 12.9. The molecule has 0 atom stereocenters. The van der Waals surface area contributed by atoms with Gasteiger partial charge in [-0.2, -0.15) is 0 Å². The highest BCUT2D eigenvalue weighted by Crippen LogP contribution is 2.18. The molecule has 0 aliphatic rings. The first-order chi connectivity index (χ1) is 9.08. The Bertz CT molecular complexity index is 617. The van der Waals surface area contributed by atoms with Gasteiger partial charge in [-0.05, 0) is 19.1 Å². The van der Waals surface area contributed by atoms with E-state index in [-0.39, 0.29) is 18.1 Å². The molecule has 0 saturated heterocycles. The molecule has 0 aliphatic heterocycles. The van der Waals surface area contributed by atoms with Gasteiger partial charge >= 0.3 is 5.97 Å². The lowest BCUT2D eigenvalue weighted by atomic mass is 10.2. The molecule has 0 saturated carbocycles. The van der Waals surface area contributed by atoms with Gasteiger partial charge in [0.05, 0.1) is 6.20 Å². The summed E-state index contributed by atoms with van der Waals surface area (Å²) in [5.74, 6) is -2.12. The van der Waals surface area contributed by atoms with Gasteiger partial charge in [0, 0.05) is 17.5 Å². The molecule has 0 fully saturated rings. The zero-order valence-electron chi connectivity index (χ0n) is 10.1. The van der Waals surface area contributed by atoms with Gasteiger partial charge in [0.25, 0.3) is 0 Å². The quantitative estimate of drug-likeness (QED) is 0.914. The Hall–Kier alpha value is -2.50. The topological polar surface area (TPSA) is 72.3 Å². The first kappa shape index (κ1) is 12.9. The van der Waals surface area contributed by atoms with Gasteiger partial charge in [0.1, 0.15) is 18.0 Å². The maximum Gasteiger partial charge on any atom is 0.341 e. The lowest BCUT2D eigenvalue weighted by molar-refractivity contribution is 0.0690. The lowest BCUT2D eigenvalue weighted by Gasteiger charge is -2.09. The van der Waals surface area contributed by atoms with Gasteiger partial charge < -0.3 is 9.84 Å². The molecule has 0 spiro atoms. The van der Waals surface area contributed by atoms with Crippen LogP contribution in [-0.4, -0.2) is 21.0 Å². The van der Waals surface area contributed by atoms with Crippen molar-refractivity contribution < 1.29 is 19.0 Å². The van der Waals surface area contributed by atoms with Gasteiger partial charge in [0.2, 0.25) is 5.88 Å². The molecule has 2 aromatic heterocycles. The molecule has 5 nitrogen and oxygen atoms in total. The number of aromatic carboxylic acids is 1. The number of hydrogen-bond donors (Lipinski definition) is 1. The Balaban J connectivity index is 2.20. The summed E-state index contributed by atoms with van der Waals surface area (Å²) in [6, 6.07) is 4.44. The molecule has 2 heterocycles. The number of aryl methyl sites for hydroxylation is 1. The van der Waals surface area contributed by atoms with Crippen LogP contribution in [0, 0.1) is 12.7 Å². The number of halogens is 1. The van der Waals surface area contributed by atoms with Crippen molar-refractivity contribution in [1.82, 2.24) is 9.97 Å². The summed E-state index contributed by atoms with van der Waals surface area (Å²) in [6.07, 6.45) is 2.57. The van der Waals surface area contributed by atoms with Crippen molar-refractivity contribution in [1.29, 1.82) is 0 Å². The minimum absolute atomic E-state index is 0.114. The van der Waals surface area contributed by atoms with E-state index >= 15 is 0 Å². The smallest absolute Gasteiger partial charge is 0.341 e. The number of carboxylic acids is 1. The molecule has 0 amide bonds. The Kier molecular flexibility index (Phi) is 3.70. The highest BCUT2D eigenvalue weighted by Gasteiger charge is 2.14. The largest absolute Gasteiger partial charge is 0.477 e. The van der Waals surface area contributed by atoms with E-state index in [9.17, 15) is 9.18 Å². The third-order valence-electron chi connectivity index (χ3n) is 2.53.